The zero-order chi connectivity index (χ0) is 35.5. The van der Waals surface area contributed by atoms with Gasteiger partial charge in [-0.1, -0.05) is 153 Å². The van der Waals surface area contributed by atoms with Crippen LogP contribution in [-0.2, 0) is 5.41 Å². The molecule has 9 aromatic rings. The van der Waals surface area contributed by atoms with Crippen LogP contribution in [0.25, 0.3) is 88.8 Å². The first kappa shape index (κ1) is 31.1. The van der Waals surface area contributed by atoms with Crippen molar-refractivity contribution in [1.29, 1.82) is 0 Å². The van der Waals surface area contributed by atoms with Gasteiger partial charge in [-0.15, -0.1) is 0 Å². The van der Waals surface area contributed by atoms with Crippen LogP contribution in [0.4, 0.5) is 0 Å². The Hall–Kier alpha value is -6.71. The van der Waals surface area contributed by atoms with E-state index < -0.39 is 0 Å². The van der Waals surface area contributed by atoms with E-state index in [0.717, 1.165) is 44.6 Å². The number of hydrogen-bond donors (Lipinski definition) is 0. The Morgan fingerprint density at radius 2 is 1.02 bits per heavy atom. The number of aromatic nitrogens is 3. The second kappa shape index (κ2) is 12.2. The maximum atomic E-state index is 5.24. The molecule has 0 radical (unpaired) electrons. The molecular weight excluding hydrogens is 643 g/mol. The molecule has 250 valence electrons. The highest BCUT2D eigenvalue weighted by Crippen LogP contribution is 2.52. The lowest BCUT2D eigenvalue weighted by molar-refractivity contribution is 0.666. The van der Waals surface area contributed by atoms with E-state index in [0.29, 0.717) is 5.82 Å². The summed E-state index contributed by atoms with van der Waals surface area (Å²) in [6.45, 7) is 4.72. The van der Waals surface area contributed by atoms with E-state index >= 15 is 0 Å². The van der Waals surface area contributed by atoms with Gasteiger partial charge in [0.25, 0.3) is 0 Å². The normalized spacial score (nSPS) is 12.9. The van der Waals surface area contributed by atoms with E-state index in [1.54, 1.807) is 6.20 Å². The minimum absolute atomic E-state index is 0.0894. The Labute approximate surface area is 309 Å². The van der Waals surface area contributed by atoms with Crippen LogP contribution in [0.15, 0.2) is 176 Å². The van der Waals surface area contributed by atoms with Gasteiger partial charge in [-0.05, 0) is 90.3 Å². The van der Waals surface area contributed by atoms with Crippen LogP contribution < -0.4 is 0 Å². The van der Waals surface area contributed by atoms with Crippen LogP contribution in [0.1, 0.15) is 25.0 Å². The number of hydrogen-bond acceptors (Lipinski definition) is 3. The summed E-state index contributed by atoms with van der Waals surface area (Å²) < 4.78 is 0. The molecule has 53 heavy (non-hydrogen) atoms. The van der Waals surface area contributed by atoms with Gasteiger partial charge in [0.15, 0.2) is 5.82 Å². The van der Waals surface area contributed by atoms with E-state index in [4.69, 9.17) is 9.97 Å². The minimum Gasteiger partial charge on any atom is -0.264 e. The topological polar surface area (TPSA) is 38.7 Å². The molecule has 10 rings (SSSR count). The van der Waals surface area contributed by atoms with E-state index in [-0.39, 0.29) is 5.41 Å². The van der Waals surface area contributed by atoms with Gasteiger partial charge < -0.3 is 0 Å². The fraction of sp³-hybridized carbons (Fsp3) is 0.0600. The smallest absolute Gasteiger partial charge is 0.161 e. The quantitative estimate of drug-likeness (QED) is 0.182. The minimum atomic E-state index is -0.0894. The monoisotopic (exact) mass is 677 g/mol. The van der Waals surface area contributed by atoms with Crippen LogP contribution in [0, 0.1) is 0 Å². The summed E-state index contributed by atoms with van der Waals surface area (Å²) >= 11 is 0. The Balaban J connectivity index is 1.11. The summed E-state index contributed by atoms with van der Waals surface area (Å²) in [7, 11) is 0. The maximum absolute atomic E-state index is 5.24. The third-order valence-corrected chi connectivity index (χ3v) is 11.0. The van der Waals surface area contributed by atoms with Crippen molar-refractivity contribution < 1.29 is 0 Å². The zero-order valence-electron chi connectivity index (χ0n) is 29.6. The molecule has 3 heteroatoms. The SMILES string of the molecule is CC1(C)c2ccc(-c3ccc(-c4nc(-c5ccccc5)cc(-c5ccc(-c6cccnc6)cc5)n4)c4ccccc34)cc2-c2ccc3ccccc3c21. The lowest BCUT2D eigenvalue weighted by Crippen LogP contribution is -2.15. The number of rotatable bonds is 5. The summed E-state index contributed by atoms with van der Waals surface area (Å²) in [5, 5.41) is 4.93. The summed E-state index contributed by atoms with van der Waals surface area (Å²) in [4.78, 5) is 14.8. The second-order valence-corrected chi connectivity index (χ2v) is 14.4. The first-order valence-electron chi connectivity index (χ1n) is 18.2. The summed E-state index contributed by atoms with van der Waals surface area (Å²) in [5.74, 6) is 0.706. The van der Waals surface area contributed by atoms with Crippen molar-refractivity contribution in [3.05, 3.63) is 187 Å². The van der Waals surface area contributed by atoms with E-state index in [1.807, 2.05) is 18.3 Å². The number of benzene rings is 7. The molecule has 0 unspecified atom stereocenters. The zero-order valence-corrected chi connectivity index (χ0v) is 29.6. The Morgan fingerprint density at radius 1 is 0.415 bits per heavy atom. The first-order valence-corrected chi connectivity index (χ1v) is 18.2. The first-order chi connectivity index (χ1) is 26.0. The second-order valence-electron chi connectivity index (χ2n) is 14.4. The van der Waals surface area contributed by atoms with Gasteiger partial charge in [0, 0.05) is 34.5 Å². The van der Waals surface area contributed by atoms with E-state index in [9.17, 15) is 0 Å². The van der Waals surface area contributed by atoms with Crippen molar-refractivity contribution in [2.24, 2.45) is 0 Å². The molecule has 1 aliphatic rings. The highest BCUT2D eigenvalue weighted by Gasteiger charge is 2.37. The van der Waals surface area contributed by atoms with Crippen molar-refractivity contribution >= 4 is 21.5 Å². The maximum Gasteiger partial charge on any atom is 0.161 e. The molecule has 2 heterocycles. The van der Waals surface area contributed by atoms with E-state index in [1.165, 1.54) is 49.5 Å². The molecule has 0 saturated carbocycles. The molecule has 0 fully saturated rings. The van der Waals surface area contributed by atoms with E-state index in [2.05, 4.69) is 170 Å². The predicted octanol–water partition coefficient (Wildman–Crippen LogP) is 12.8. The Kier molecular flexibility index (Phi) is 7.16. The average Bonchev–Trinajstić information content (AvgIpc) is 3.46. The van der Waals surface area contributed by atoms with Crippen molar-refractivity contribution in [2.75, 3.05) is 0 Å². The lowest BCUT2D eigenvalue weighted by Gasteiger charge is -2.23. The van der Waals surface area contributed by atoms with Gasteiger partial charge in [0.1, 0.15) is 0 Å². The molecule has 0 bridgehead atoms. The third-order valence-electron chi connectivity index (χ3n) is 11.0. The van der Waals surface area contributed by atoms with Gasteiger partial charge >= 0.3 is 0 Å². The molecule has 3 nitrogen and oxygen atoms in total. The highest BCUT2D eigenvalue weighted by atomic mass is 14.9. The summed E-state index contributed by atoms with van der Waals surface area (Å²) in [5.41, 5.74) is 14.8. The fourth-order valence-corrected chi connectivity index (χ4v) is 8.37. The lowest BCUT2D eigenvalue weighted by atomic mass is 9.80. The molecule has 2 aromatic heterocycles. The molecular formula is C50H35N3. The van der Waals surface area contributed by atoms with Crippen molar-refractivity contribution in [3.63, 3.8) is 0 Å². The van der Waals surface area contributed by atoms with Crippen LogP contribution in [0.3, 0.4) is 0 Å². The Bertz CT molecular complexity index is 2840. The molecule has 0 atom stereocenters. The van der Waals surface area contributed by atoms with Gasteiger partial charge in [-0.25, -0.2) is 9.97 Å². The molecule has 0 saturated heterocycles. The van der Waals surface area contributed by atoms with Crippen molar-refractivity contribution in [2.45, 2.75) is 19.3 Å². The highest BCUT2D eigenvalue weighted by molar-refractivity contribution is 6.05. The number of fused-ring (bicyclic) bond motifs is 6. The molecule has 0 aliphatic heterocycles. The van der Waals surface area contributed by atoms with Crippen LogP contribution in [0.5, 0.6) is 0 Å². The molecule has 7 aromatic carbocycles. The standard InChI is InChI=1S/C50H35N3/c1-50(2)45-27-23-36(29-44(45)42-24-22-33-11-6-7-15-39(33)48(42)50)38-25-26-43(41-17-9-8-16-40(38)41)49-52-46(34-12-4-3-5-13-34)30-47(53-49)35-20-18-32(19-21-35)37-14-10-28-51-31-37/h3-31H,1-2H3. The van der Waals surface area contributed by atoms with Gasteiger partial charge in [0.2, 0.25) is 0 Å². The predicted molar refractivity (Wildman–Crippen MR) is 220 cm³/mol. The molecule has 0 amide bonds. The average molecular weight is 678 g/mol. The summed E-state index contributed by atoms with van der Waals surface area (Å²) in [6, 6.07) is 58.6. The third kappa shape index (κ3) is 5.16. The van der Waals surface area contributed by atoms with Gasteiger partial charge in [-0.3, -0.25) is 4.98 Å². The molecule has 0 spiro atoms. The molecule has 1 aliphatic carbocycles. The van der Waals surface area contributed by atoms with Crippen LogP contribution in [-0.4, -0.2) is 15.0 Å². The van der Waals surface area contributed by atoms with Gasteiger partial charge in [0.05, 0.1) is 11.4 Å². The van der Waals surface area contributed by atoms with Gasteiger partial charge in [-0.2, -0.15) is 0 Å². The van der Waals surface area contributed by atoms with Crippen LogP contribution in [0.2, 0.25) is 0 Å². The molecule has 0 N–H and O–H groups in total. The fourth-order valence-electron chi connectivity index (χ4n) is 8.37. The number of pyridine rings is 1. The number of nitrogens with zero attached hydrogens (tertiary/aromatic N) is 3. The summed E-state index contributed by atoms with van der Waals surface area (Å²) in [6.07, 6.45) is 3.69. The van der Waals surface area contributed by atoms with Crippen molar-refractivity contribution in [3.8, 4) is 67.3 Å². The van der Waals surface area contributed by atoms with Crippen LogP contribution >= 0.6 is 0 Å². The largest absolute Gasteiger partial charge is 0.264 e. The van der Waals surface area contributed by atoms with Crippen molar-refractivity contribution in [1.82, 2.24) is 15.0 Å². The Morgan fingerprint density at radius 3 is 1.77 bits per heavy atom.